The molecule has 3 rings (SSSR count). The van der Waals surface area contributed by atoms with Crippen molar-refractivity contribution in [2.75, 3.05) is 13.1 Å². The zero-order valence-corrected chi connectivity index (χ0v) is 11.8. The average Bonchev–Trinajstić information content (AvgIpc) is 3.01. The predicted octanol–water partition coefficient (Wildman–Crippen LogP) is 2.78. The van der Waals surface area contributed by atoms with Gasteiger partial charge in [-0.2, -0.15) is 4.98 Å². The maximum atomic E-state index is 13.0. The lowest BCUT2D eigenvalue weighted by atomic mass is 9.98. The normalized spacial score (nSPS) is 22.4. The summed E-state index contributed by atoms with van der Waals surface area (Å²) in [4.78, 5) is 4.43. The van der Waals surface area contributed by atoms with Gasteiger partial charge in [0.25, 0.3) is 0 Å². The molecule has 1 aromatic heterocycles. The van der Waals surface area contributed by atoms with E-state index < -0.39 is 0 Å². The zero-order chi connectivity index (χ0) is 14.1. The molecule has 2 unspecified atom stereocenters. The van der Waals surface area contributed by atoms with E-state index in [-0.39, 0.29) is 11.7 Å². The van der Waals surface area contributed by atoms with E-state index in [1.165, 1.54) is 12.1 Å². The molecule has 1 aromatic carbocycles. The van der Waals surface area contributed by atoms with Crippen LogP contribution in [0.25, 0.3) is 0 Å². The van der Waals surface area contributed by atoms with Crippen LogP contribution in [-0.2, 0) is 6.42 Å². The first-order chi connectivity index (χ1) is 9.63. The van der Waals surface area contributed by atoms with E-state index in [1.807, 2.05) is 0 Å². The molecule has 0 bridgehead atoms. The van der Waals surface area contributed by atoms with Gasteiger partial charge in [0.1, 0.15) is 5.82 Å². The number of nitrogens with zero attached hydrogens (tertiary/aromatic N) is 2. The van der Waals surface area contributed by atoms with E-state index in [2.05, 4.69) is 22.4 Å². The van der Waals surface area contributed by atoms with Crippen LogP contribution in [0.3, 0.4) is 0 Å². The number of rotatable bonds is 3. The summed E-state index contributed by atoms with van der Waals surface area (Å²) < 4.78 is 18.3. The molecule has 1 aliphatic rings. The molecule has 2 aromatic rings. The van der Waals surface area contributed by atoms with Gasteiger partial charge in [0.05, 0.1) is 5.92 Å². The van der Waals surface area contributed by atoms with Crippen LogP contribution in [0.1, 0.15) is 30.1 Å². The molecule has 0 amide bonds. The van der Waals surface area contributed by atoms with Crippen molar-refractivity contribution in [3.63, 3.8) is 0 Å². The van der Waals surface area contributed by atoms with Gasteiger partial charge in [-0.1, -0.05) is 29.7 Å². The number of hydrogen-bond donors (Lipinski definition) is 1. The molecule has 0 saturated carbocycles. The summed E-state index contributed by atoms with van der Waals surface area (Å²) in [6, 6.07) is 4.32. The maximum absolute atomic E-state index is 13.0. The Kier molecular flexibility index (Phi) is 3.72. The Labute approximate surface area is 121 Å². The fourth-order valence-corrected chi connectivity index (χ4v) is 2.70. The maximum Gasteiger partial charge on any atom is 0.231 e. The standard InChI is InChI=1S/C14H15ClFN3O/c1-8-6-17-7-11(8)14-18-13(19-20-14)4-9-2-3-10(16)5-12(9)15/h2-3,5,8,11,17H,4,6-7H2,1H3. The van der Waals surface area contributed by atoms with Crippen molar-refractivity contribution in [1.82, 2.24) is 15.5 Å². The molecular weight excluding hydrogens is 281 g/mol. The van der Waals surface area contributed by atoms with Gasteiger partial charge in [-0.05, 0) is 30.2 Å². The van der Waals surface area contributed by atoms with Crippen molar-refractivity contribution in [3.8, 4) is 0 Å². The summed E-state index contributed by atoms with van der Waals surface area (Å²) in [6.07, 6.45) is 0.442. The summed E-state index contributed by atoms with van der Waals surface area (Å²) >= 11 is 6.00. The number of benzene rings is 1. The highest BCUT2D eigenvalue weighted by molar-refractivity contribution is 6.31. The molecule has 20 heavy (non-hydrogen) atoms. The molecule has 1 fully saturated rings. The van der Waals surface area contributed by atoms with Crippen molar-refractivity contribution in [2.45, 2.75) is 19.3 Å². The number of hydrogen-bond acceptors (Lipinski definition) is 4. The molecule has 1 N–H and O–H groups in total. The Balaban J connectivity index is 1.77. The van der Waals surface area contributed by atoms with Crippen molar-refractivity contribution in [2.24, 2.45) is 5.92 Å². The highest BCUT2D eigenvalue weighted by Crippen LogP contribution is 2.27. The smallest absolute Gasteiger partial charge is 0.231 e. The van der Waals surface area contributed by atoms with E-state index in [0.29, 0.717) is 29.1 Å². The van der Waals surface area contributed by atoms with Crippen LogP contribution in [0, 0.1) is 11.7 Å². The van der Waals surface area contributed by atoms with Crippen LogP contribution >= 0.6 is 11.6 Å². The molecule has 2 atom stereocenters. The Morgan fingerprint density at radius 1 is 1.45 bits per heavy atom. The van der Waals surface area contributed by atoms with Crippen LogP contribution in [0.4, 0.5) is 4.39 Å². The third-order valence-corrected chi connectivity index (χ3v) is 4.03. The fourth-order valence-electron chi connectivity index (χ4n) is 2.47. The van der Waals surface area contributed by atoms with Crippen LogP contribution < -0.4 is 5.32 Å². The lowest BCUT2D eigenvalue weighted by Gasteiger charge is -2.07. The van der Waals surface area contributed by atoms with Gasteiger partial charge in [0.15, 0.2) is 5.82 Å². The van der Waals surface area contributed by atoms with Crippen LogP contribution in [0.2, 0.25) is 5.02 Å². The van der Waals surface area contributed by atoms with Gasteiger partial charge in [0.2, 0.25) is 5.89 Å². The van der Waals surface area contributed by atoms with Crippen LogP contribution in [0.15, 0.2) is 22.7 Å². The topological polar surface area (TPSA) is 51.0 Å². The average molecular weight is 296 g/mol. The Morgan fingerprint density at radius 3 is 3.00 bits per heavy atom. The van der Waals surface area contributed by atoms with Crippen molar-refractivity contribution < 1.29 is 8.91 Å². The lowest BCUT2D eigenvalue weighted by molar-refractivity contribution is 0.337. The first-order valence-corrected chi connectivity index (χ1v) is 6.98. The molecule has 106 valence electrons. The van der Waals surface area contributed by atoms with Gasteiger partial charge >= 0.3 is 0 Å². The fraction of sp³-hybridized carbons (Fsp3) is 0.429. The van der Waals surface area contributed by atoms with E-state index in [0.717, 1.165) is 18.7 Å². The van der Waals surface area contributed by atoms with Gasteiger partial charge in [0, 0.05) is 18.0 Å². The molecule has 2 heterocycles. The molecule has 0 radical (unpaired) electrons. The van der Waals surface area contributed by atoms with Gasteiger partial charge in [-0.3, -0.25) is 0 Å². The summed E-state index contributed by atoms with van der Waals surface area (Å²) in [6.45, 7) is 3.98. The minimum atomic E-state index is -0.349. The van der Waals surface area contributed by atoms with E-state index in [4.69, 9.17) is 16.1 Å². The van der Waals surface area contributed by atoms with Crippen molar-refractivity contribution >= 4 is 11.6 Å². The summed E-state index contributed by atoms with van der Waals surface area (Å²) in [5.41, 5.74) is 0.790. The van der Waals surface area contributed by atoms with Crippen molar-refractivity contribution in [3.05, 3.63) is 46.3 Å². The monoisotopic (exact) mass is 295 g/mol. The minimum Gasteiger partial charge on any atom is -0.339 e. The molecule has 1 aliphatic heterocycles. The molecule has 1 saturated heterocycles. The number of nitrogens with one attached hydrogen (secondary N) is 1. The SMILES string of the molecule is CC1CNCC1c1nc(Cc2ccc(F)cc2Cl)no1. The Hall–Kier alpha value is -1.46. The number of aromatic nitrogens is 2. The Morgan fingerprint density at radius 2 is 2.30 bits per heavy atom. The van der Waals surface area contributed by atoms with E-state index in [1.54, 1.807) is 6.07 Å². The van der Waals surface area contributed by atoms with Gasteiger partial charge in [-0.25, -0.2) is 4.39 Å². The first-order valence-electron chi connectivity index (χ1n) is 6.60. The number of halogens is 2. The molecular formula is C14H15ClFN3O. The lowest BCUT2D eigenvalue weighted by Crippen LogP contribution is -2.08. The third-order valence-electron chi connectivity index (χ3n) is 3.68. The molecule has 6 heteroatoms. The molecule has 0 spiro atoms. The highest BCUT2D eigenvalue weighted by Gasteiger charge is 2.29. The largest absolute Gasteiger partial charge is 0.339 e. The van der Waals surface area contributed by atoms with E-state index >= 15 is 0 Å². The van der Waals surface area contributed by atoms with Gasteiger partial charge < -0.3 is 9.84 Å². The molecule has 4 nitrogen and oxygen atoms in total. The highest BCUT2D eigenvalue weighted by atomic mass is 35.5. The van der Waals surface area contributed by atoms with E-state index in [9.17, 15) is 4.39 Å². The summed E-state index contributed by atoms with van der Waals surface area (Å²) in [5, 5.41) is 7.67. The zero-order valence-electron chi connectivity index (χ0n) is 11.1. The van der Waals surface area contributed by atoms with Crippen LogP contribution in [-0.4, -0.2) is 23.2 Å². The van der Waals surface area contributed by atoms with Crippen molar-refractivity contribution in [1.29, 1.82) is 0 Å². The summed E-state index contributed by atoms with van der Waals surface area (Å²) in [5.74, 6) is 1.64. The molecule has 0 aliphatic carbocycles. The first kappa shape index (κ1) is 13.5. The predicted molar refractivity (Wildman–Crippen MR) is 73.3 cm³/mol. The Bertz CT molecular complexity index is 616. The third kappa shape index (κ3) is 2.69. The minimum absolute atomic E-state index is 0.264. The quantitative estimate of drug-likeness (QED) is 0.946. The summed E-state index contributed by atoms with van der Waals surface area (Å²) in [7, 11) is 0. The van der Waals surface area contributed by atoms with Crippen LogP contribution in [0.5, 0.6) is 0 Å². The second-order valence-electron chi connectivity index (χ2n) is 5.20. The van der Waals surface area contributed by atoms with Gasteiger partial charge in [-0.15, -0.1) is 0 Å². The second-order valence-corrected chi connectivity index (χ2v) is 5.61. The second kappa shape index (κ2) is 5.50.